The van der Waals surface area contributed by atoms with Gasteiger partial charge >= 0.3 is 5.97 Å². The molecule has 0 aromatic rings. The van der Waals surface area contributed by atoms with E-state index in [-0.39, 0.29) is 24.3 Å². The van der Waals surface area contributed by atoms with Crippen LogP contribution in [0, 0.1) is 5.92 Å². The predicted octanol–water partition coefficient (Wildman–Crippen LogP) is 0.384. The van der Waals surface area contributed by atoms with Gasteiger partial charge in [0.15, 0.2) is 0 Å². The Hall–Kier alpha value is -1.93. The van der Waals surface area contributed by atoms with E-state index in [1.54, 1.807) is 13.0 Å². The van der Waals surface area contributed by atoms with E-state index in [4.69, 9.17) is 9.84 Å². The molecule has 0 spiro atoms. The van der Waals surface area contributed by atoms with E-state index in [2.05, 4.69) is 17.2 Å². The van der Waals surface area contributed by atoms with Crippen LogP contribution in [0.4, 0.5) is 0 Å². The van der Waals surface area contributed by atoms with Crippen molar-refractivity contribution in [2.45, 2.75) is 51.8 Å². The van der Waals surface area contributed by atoms with Gasteiger partial charge in [-0.25, -0.2) is 0 Å². The molecule has 1 fully saturated rings. The highest BCUT2D eigenvalue weighted by Crippen LogP contribution is 2.10. The molecule has 3 atom stereocenters. The summed E-state index contributed by atoms with van der Waals surface area (Å²) in [5.74, 6) is -1.65. The monoisotopic (exact) mass is 369 g/mol. The predicted molar refractivity (Wildman–Crippen MR) is 97.6 cm³/mol. The normalized spacial score (nSPS) is 19.7. The lowest BCUT2D eigenvalue weighted by molar-refractivity contribution is -0.145. The number of hydrogen-bond donors (Lipinski definition) is 3. The highest BCUT2D eigenvalue weighted by atomic mass is 16.5. The van der Waals surface area contributed by atoms with Crippen molar-refractivity contribution >= 4 is 17.8 Å². The molecular weight excluding hydrogens is 338 g/mol. The minimum absolute atomic E-state index is 0.0309. The average molecular weight is 369 g/mol. The van der Waals surface area contributed by atoms with Gasteiger partial charge in [0, 0.05) is 26.2 Å². The first-order chi connectivity index (χ1) is 12.3. The lowest BCUT2D eigenvalue weighted by Gasteiger charge is -2.33. The fourth-order valence-electron chi connectivity index (χ4n) is 2.76. The molecule has 1 saturated heterocycles. The molecule has 8 nitrogen and oxygen atoms in total. The van der Waals surface area contributed by atoms with Crippen LogP contribution in [0.3, 0.4) is 0 Å². The Morgan fingerprint density at radius 1 is 1.38 bits per heavy atom. The largest absolute Gasteiger partial charge is 0.480 e. The van der Waals surface area contributed by atoms with Crippen molar-refractivity contribution in [1.82, 2.24) is 15.5 Å². The summed E-state index contributed by atoms with van der Waals surface area (Å²) in [7, 11) is 0. The van der Waals surface area contributed by atoms with Gasteiger partial charge in [-0.2, -0.15) is 0 Å². The molecule has 1 aliphatic rings. The van der Waals surface area contributed by atoms with E-state index in [9.17, 15) is 14.4 Å². The summed E-state index contributed by atoms with van der Waals surface area (Å²) in [5.41, 5.74) is 0. The van der Waals surface area contributed by atoms with Crippen molar-refractivity contribution in [2.75, 3.05) is 26.2 Å². The molecule has 1 aliphatic heterocycles. The number of amides is 2. The number of carbonyl (C=O) groups excluding carboxylic acids is 2. The number of piperazine rings is 1. The standard InChI is InChI=1S/C18H31N3O5/c1-5-6-7-10-26-15(12(2)3)16(22)20-13(4)17(23)21-9-8-19-14(11-21)18(24)25/h5,12-15,19H,1,6-11H2,2-4H3,(H,20,22)(H,24,25)/t13-,14-,15-/m0/s1. The number of carboxylic acid groups (broad SMARTS) is 1. The third-order valence-corrected chi connectivity index (χ3v) is 4.23. The molecule has 0 saturated carbocycles. The summed E-state index contributed by atoms with van der Waals surface area (Å²) >= 11 is 0. The Morgan fingerprint density at radius 3 is 2.65 bits per heavy atom. The number of rotatable bonds is 10. The lowest BCUT2D eigenvalue weighted by Crippen LogP contribution is -2.59. The third-order valence-electron chi connectivity index (χ3n) is 4.23. The second-order valence-electron chi connectivity index (χ2n) is 6.83. The minimum Gasteiger partial charge on any atom is -0.480 e. The first-order valence-electron chi connectivity index (χ1n) is 9.05. The second kappa shape index (κ2) is 10.9. The van der Waals surface area contributed by atoms with Crippen LogP contribution in [0.1, 0.15) is 33.6 Å². The maximum atomic E-state index is 12.5. The van der Waals surface area contributed by atoms with Gasteiger partial charge in [-0.05, 0) is 25.7 Å². The van der Waals surface area contributed by atoms with E-state index in [1.807, 2.05) is 13.8 Å². The van der Waals surface area contributed by atoms with Gasteiger partial charge in [0.2, 0.25) is 11.8 Å². The number of unbranched alkanes of at least 4 members (excludes halogenated alkanes) is 1. The van der Waals surface area contributed by atoms with Crippen LogP contribution in [-0.2, 0) is 19.1 Å². The van der Waals surface area contributed by atoms with Crippen LogP contribution in [-0.4, -0.2) is 72.2 Å². The van der Waals surface area contributed by atoms with Crippen molar-refractivity contribution in [2.24, 2.45) is 5.92 Å². The number of aliphatic carboxylic acids is 1. The summed E-state index contributed by atoms with van der Waals surface area (Å²) in [6.07, 6.45) is 2.76. The molecule has 0 radical (unpaired) electrons. The molecule has 0 aromatic heterocycles. The second-order valence-corrected chi connectivity index (χ2v) is 6.83. The molecule has 0 bridgehead atoms. The Balaban J connectivity index is 2.58. The van der Waals surface area contributed by atoms with E-state index in [0.717, 1.165) is 12.8 Å². The lowest BCUT2D eigenvalue weighted by atomic mass is 10.1. The van der Waals surface area contributed by atoms with Gasteiger partial charge < -0.3 is 25.4 Å². The molecule has 0 unspecified atom stereocenters. The zero-order valence-corrected chi connectivity index (χ0v) is 15.9. The topological polar surface area (TPSA) is 108 Å². The Morgan fingerprint density at radius 2 is 2.08 bits per heavy atom. The van der Waals surface area contributed by atoms with Gasteiger partial charge in [0.1, 0.15) is 18.2 Å². The number of carboxylic acids is 1. The maximum Gasteiger partial charge on any atom is 0.322 e. The maximum absolute atomic E-state index is 12.5. The van der Waals surface area contributed by atoms with Crippen molar-refractivity contribution < 1.29 is 24.2 Å². The fourth-order valence-corrected chi connectivity index (χ4v) is 2.76. The summed E-state index contributed by atoms with van der Waals surface area (Å²) < 4.78 is 5.67. The number of hydrogen-bond acceptors (Lipinski definition) is 5. The quantitative estimate of drug-likeness (QED) is 0.380. The third kappa shape index (κ3) is 6.76. The first-order valence-corrected chi connectivity index (χ1v) is 9.05. The number of ether oxygens (including phenoxy) is 1. The Kier molecular flexibility index (Phi) is 9.29. The fraction of sp³-hybridized carbons (Fsp3) is 0.722. The highest BCUT2D eigenvalue weighted by molar-refractivity contribution is 5.89. The van der Waals surface area contributed by atoms with Crippen LogP contribution in [0.2, 0.25) is 0 Å². The molecule has 2 amide bonds. The summed E-state index contributed by atoms with van der Waals surface area (Å²) in [4.78, 5) is 37.6. The Labute approximate surface area is 154 Å². The van der Waals surface area contributed by atoms with E-state index >= 15 is 0 Å². The average Bonchev–Trinajstić information content (AvgIpc) is 2.60. The van der Waals surface area contributed by atoms with E-state index < -0.39 is 24.2 Å². The van der Waals surface area contributed by atoms with Crippen molar-refractivity contribution in [3.05, 3.63) is 12.7 Å². The molecule has 8 heteroatoms. The van der Waals surface area contributed by atoms with Gasteiger partial charge in [-0.3, -0.25) is 14.4 Å². The highest BCUT2D eigenvalue weighted by Gasteiger charge is 2.32. The first kappa shape index (κ1) is 22.1. The van der Waals surface area contributed by atoms with Crippen LogP contribution in [0.5, 0.6) is 0 Å². The van der Waals surface area contributed by atoms with Crippen molar-refractivity contribution in [3.63, 3.8) is 0 Å². The van der Waals surface area contributed by atoms with E-state index in [1.165, 1.54) is 4.90 Å². The van der Waals surface area contributed by atoms with Gasteiger partial charge in [-0.1, -0.05) is 19.9 Å². The summed E-state index contributed by atoms with van der Waals surface area (Å²) in [6.45, 7) is 10.4. The SMILES string of the molecule is C=CCCCO[C@H](C(=O)N[C@@H](C)C(=O)N1CCN[C@H](C(=O)O)C1)C(C)C. The zero-order valence-electron chi connectivity index (χ0n) is 15.9. The molecule has 26 heavy (non-hydrogen) atoms. The van der Waals surface area contributed by atoms with Crippen LogP contribution >= 0.6 is 0 Å². The summed E-state index contributed by atoms with van der Waals surface area (Å²) in [6, 6.07) is -1.53. The number of nitrogens with zero attached hydrogens (tertiary/aromatic N) is 1. The van der Waals surface area contributed by atoms with Crippen LogP contribution in [0.15, 0.2) is 12.7 Å². The molecule has 1 heterocycles. The molecular formula is C18H31N3O5. The van der Waals surface area contributed by atoms with Crippen LogP contribution < -0.4 is 10.6 Å². The summed E-state index contributed by atoms with van der Waals surface area (Å²) in [5, 5.41) is 14.6. The molecule has 1 rings (SSSR count). The van der Waals surface area contributed by atoms with Crippen LogP contribution in [0.25, 0.3) is 0 Å². The van der Waals surface area contributed by atoms with E-state index in [0.29, 0.717) is 19.7 Å². The van der Waals surface area contributed by atoms with Gasteiger partial charge in [0.05, 0.1) is 0 Å². The molecule has 0 aliphatic carbocycles. The minimum atomic E-state index is -0.994. The van der Waals surface area contributed by atoms with Crippen molar-refractivity contribution in [1.29, 1.82) is 0 Å². The van der Waals surface area contributed by atoms with Gasteiger partial charge in [0.25, 0.3) is 0 Å². The van der Waals surface area contributed by atoms with Crippen molar-refractivity contribution in [3.8, 4) is 0 Å². The molecule has 3 N–H and O–H groups in total. The van der Waals surface area contributed by atoms with Gasteiger partial charge in [-0.15, -0.1) is 6.58 Å². The number of nitrogens with one attached hydrogen (secondary N) is 2. The zero-order chi connectivity index (χ0) is 19.7. The number of allylic oxidation sites excluding steroid dienone is 1. The number of carbonyl (C=O) groups is 3. The molecule has 148 valence electrons. The Bertz CT molecular complexity index is 509. The smallest absolute Gasteiger partial charge is 0.322 e. The molecule has 0 aromatic carbocycles.